The molecule has 1 saturated carbocycles. The maximum absolute atomic E-state index is 12.8. The van der Waals surface area contributed by atoms with E-state index >= 15 is 0 Å². The van der Waals surface area contributed by atoms with Crippen LogP contribution in [-0.4, -0.2) is 36.2 Å². The quantitative estimate of drug-likeness (QED) is 0.777. The number of hydrogen-bond acceptors (Lipinski definition) is 3. The third-order valence-corrected chi connectivity index (χ3v) is 5.48. The number of fused-ring (bicyclic) bond motifs is 1. The molecule has 0 radical (unpaired) electrons. The predicted octanol–water partition coefficient (Wildman–Crippen LogP) is 5.31. The fourth-order valence-corrected chi connectivity index (χ4v) is 3.98. The summed E-state index contributed by atoms with van der Waals surface area (Å²) in [6.07, 6.45) is 4.58. The van der Waals surface area contributed by atoms with Gasteiger partial charge >= 0.3 is 6.03 Å². The van der Waals surface area contributed by atoms with E-state index in [4.69, 9.17) is 21.1 Å². The number of amides is 2. The lowest BCUT2D eigenvalue weighted by atomic mass is 9.90. The van der Waals surface area contributed by atoms with Crippen LogP contribution in [0.25, 0.3) is 0 Å². The van der Waals surface area contributed by atoms with Gasteiger partial charge in [0.2, 0.25) is 0 Å². The molecule has 1 saturated heterocycles. The molecule has 6 heteroatoms. The van der Waals surface area contributed by atoms with E-state index in [0.717, 1.165) is 24.9 Å². The molecule has 2 fully saturated rings. The van der Waals surface area contributed by atoms with Crippen molar-refractivity contribution >= 4 is 23.3 Å². The van der Waals surface area contributed by atoms with Crippen molar-refractivity contribution in [3.05, 3.63) is 53.6 Å². The predicted molar refractivity (Wildman–Crippen MR) is 106 cm³/mol. The number of carbonyl (C=O) groups excluding carboxylic acids is 1. The summed E-state index contributed by atoms with van der Waals surface area (Å²) >= 11 is 6.12. The number of carbonyl (C=O) groups is 1. The molecule has 2 aromatic rings. The average molecular weight is 387 g/mol. The zero-order chi connectivity index (χ0) is 18.6. The summed E-state index contributed by atoms with van der Waals surface area (Å²) in [5, 5.41) is 3.56. The Hall–Kier alpha value is -2.24. The maximum atomic E-state index is 12.8. The SMILES string of the molecule is O=C(Nc1ccc(Oc2ccccc2Cl)cc1)N1CCO[C@H]2CCCC[C@H]21. The lowest BCUT2D eigenvalue weighted by Gasteiger charge is -2.43. The van der Waals surface area contributed by atoms with Gasteiger partial charge in [0.05, 0.1) is 23.8 Å². The molecule has 1 N–H and O–H groups in total. The second-order valence-corrected chi connectivity index (χ2v) is 7.35. The molecule has 0 unspecified atom stereocenters. The van der Waals surface area contributed by atoms with Crippen molar-refractivity contribution in [2.75, 3.05) is 18.5 Å². The van der Waals surface area contributed by atoms with Crippen LogP contribution in [0.15, 0.2) is 48.5 Å². The summed E-state index contributed by atoms with van der Waals surface area (Å²) in [6, 6.07) is 14.8. The standard InChI is InChI=1S/C21H23ClN2O3/c22-17-5-1-3-7-19(17)27-16-11-9-15(10-12-16)23-21(25)24-13-14-26-20-8-4-2-6-18(20)24/h1,3,5,7,9-12,18,20H,2,4,6,8,13-14H2,(H,23,25)/t18-,20+/m1/s1. The van der Waals surface area contributed by atoms with Crippen LogP contribution in [0.5, 0.6) is 11.5 Å². The van der Waals surface area contributed by atoms with Gasteiger partial charge in [0.15, 0.2) is 0 Å². The Kier molecular flexibility index (Phi) is 5.50. The van der Waals surface area contributed by atoms with Gasteiger partial charge in [-0.3, -0.25) is 0 Å². The molecule has 1 heterocycles. The van der Waals surface area contributed by atoms with Crippen molar-refractivity contribution in [2.24, 2.45) is 0 Å². The normalized spacial score (nSPS) is 22.0. The number of halogens is 1. The number of urea groups is 1. The van der Waals surface area contributed by atoms with Crippen LogP contribution in [0.3, 0.4) is 0 Å². The Bertz CT molecular complexity index is 794. The molecule has 2 aromatic carbocycles. The minimum atomic E-state index is -0.0602. The number of hydrogen-bond donors (Lipinski definition) is 1. The van der Waals surface area contributed by atoms with Crippen molar-refractivity contribution in [3.63, 3.8) is 0 Å². The molecule has 5 nitrogen and oxygen atoms in total. The van der Waals surface area contributed by atoms with Crippen LogP contribution in [0.1, 0.15) is 25.7 Å². The molecule has 27 heavy (non-hydrogen) atoms. The van der Waals surface area contributed by atoms with E-state index in [1.165, 1.54) is 6.42 Å². The van der Waals surface area contributed by atoms with Crippen LogP contribution in [0.2, 0.25) is 5.02 Å². The Morgan fingerprint density at radius 3 is 2.70 bits per heavy atom. The van der Waals surface area contributed by atoms with E-state index in [1.54, 1.807) is 6.07 Å². The number of benzene rings is 2. The van der Waals surface area contributed by atoms with Gasteiger partial charge in [-0.05, 0) is 49.2 Å². The molecule has 2 atom stereocenters. The van der Waals surface area contributed by atoms with Gasteiger partial charge in [0.25, 0.3) is 0 Å². The first-order valence-corrected chi connectivity index (χ1v) is 9.80. The largest absolute Gasteiger partial charge is 0.456 e. The second kappa shape index (κ2) is 8.19. The van der Waals surface area contributed by atoms with Crippen LogP contribution in [0.4, 0.5) is 10.5 Å². The Labute approximate surface area is 164 Å². The first kappa shape index (κ1) is 18.1. The monoisotopic (exact) mass is 386 g/mol. The molecule has 4 rings (SSSR count). The topological polar surface area (TPSA) is 50.8 Å². The number of rotatable bonds is 3. The molecule has 0 spiro atoms. The summed E-state index contributed by atoms with van der Waals surface area (Å²) in [5.74, 6) is 1.27. The highest BCUT2D eigenvalue weighted by atomic mass is 35.5. The number of nitrogens with one attached hydrogen (secondary N) is 1. The van der Waals surface area contributed by atoms with Crippen molar-refractivity contribution in [3.8, 4) is 11.5 Å². The minimum absolute atomic E-state index is 0.0602. The molecule has 2 aliphatic rings. The van der Waals surface area contributed by atoms with E-state index in [-0.39, 0.29) is 18.2 Å². The van der Waals surface area contributed by atoms with Gasteiger partial charge in [-0.1, -0.05) is 36.6 Å². The van der Waals surface area contributed by atoms with Gasteiger partial charge in [0.1, 0.15) is 11.5 Å². The summed E-state index contributed by atoms with van der Waals surface area (Å²) in [5.41, 5.74) is 0.741. The van der Waals surface area contributed by atoms with Crippen molar-refractivity contribution in [2.45, 2.75) is 37.8 Å². The Balaban J connectivity index is 1.39. The highest BCUT2D eigenvalue weighted by molar-refractivity contribution is 6.32. The highest BCUT2D eigenvalue weighted by Crippen LogP contribution is 2.31. The number of ether oxygens (including phenoxy) is 2. The van der Waals surface area contributed by atoms with Crippen LogP contribution < -0.4 is 10.1 Å². The fourth-order valence-electron chi connectivity index (χ4n) is 3.80. The van der Waals surface area contributed by atoms with Gasteiger partial charge in [-0.2, -0.15) is 0 Å². The zero-order valence-corrected chi connectivity index (χ0v) is 15.8. The second-order valence-electron chi connectivity index (χ2n) is 6.94. The van der Waals surface area contributed by atoms with Gasteiger partial charge in [-0.15, -0.1) is 0 Å². The number of para-hydroxylation sites is 1. The van der Waals surface area contributed by atoms with Gasteiger partial charge in [-0.25, -0.2) is 4.79 Å². The summed E-state index contributed by atoms with van der Waals surface area (Å²) in [4.78, 5) is 14.7. The maximum Gasteiger partial charge on any atom is 0.322 e. The minimum Gasteiger partial charge on any atom is -0.456 e. The first-order valence-electron chi connectivity index (χ1n) is 9.42. The summed E-state index contributed by atoms with van der Waals surface area (Å²) in [7, 11) is 0. The summed E-state index contributed by atoms with van der Waals surface area (Å²) < 4.78 is 11.6. The van der Waals surface area contributed by atoms with E-state index in [9.17, 15) is 4.79 Å². The third kappa shape index (κ3) is 4.20. The lowest BCUT2D eigenvalue weighted by Crippen LogP contribution is -2.55. The van der Waals surface area contributed by atoms with Crippen LogP contribution >= 0.6 is 11.6 Å². The zero-order valence-electron chi connectivity index (χ0n) is 15.1. The Morgan fingerprint density at radius 1 is 1.11 bits per heavy atom. The summed E-state index contributed by atoms with van der Waals surface area (Å²) in [6.45, 7) is 1.25. The van der Waals surface area contributed by atoms with E-state index in [0.29, 0.717) is 29.7 Å². The van der Waals surface area contributed by atoms with Gasteiger partial charge in [0, 0.05) is 12.2 Å². The van der Waals surface area contributed by atoms with E-state index in [1.807, 2.05) is 47.4 Å². The molecular weight excluding hydrogens is 364 g/mol. The number of anilines is 1. The van der Waals surface area contributed by atoms with Gasteiger partial charge < -0.3 is 19.7 Å². The molecular formula is C21H23ClN2O3. The first-order chi connectivity index (χ1) is 13.2. The van der Waals surface area contributed by atoms with E-state index in [2.05, 4.69) is 5.32 Å². The van der Waals surface area contributed by atoms with Crippen LogP contribution in [-0.2, 0) is 4.74 Å². The lowest BCUT2D eigenvalue weighted by molar-refractivity contribution is -0.0694. The molecule has 2 amide bonds. The molecule has 142 valence electrons. The number of morpholine rings is 1. The van der Waals surface area contributed by atoms with Crippen molar-refractivity contribution in [1.82, 2.24) is 4.90 Å². The Morgan fingerprint density at radius 2 is 1.89 bits per heavy atom. The number of nitrogens with zero attached hydrogens (tertiary/aromatic N) is 1. The van der Waals surface area contributed by atoms with Crippen molar-refractivity contribution < 1.29 is 14.3 Å². The third-order valence-electron chi connectivity index (χ3n) is 5.16. The molecule has 1 aliphatic heterocycles. The van der Waals surface area contributed by atoms with Crippen LogP contribution in [0, 0.1) is 0 Å². The highest BCUT2D eigenvalue weighted by Gasteiger charge is 2.36. The fraction of sp³-hybridized carbons (Fsp3) is 0.381. The molecule has 1 aliphatic carbocycles. The van der Waals surface area contributed by atoms with Crippen molar-refractivity contribution in [1.29, 1.82) is 0 Å². The van der Waals surface area contributed by atoms with E-state index < -0.39 is 0 Å². The average Bonchev–Trinajstić information content (AvgIpc) is 2.70. The smallest absolute Gasteiger partial charge is 0.322 e. The molecule has 0 bridgehead atoms. The molecule has 0 aromatic heterocycles.